The molecule has 2 unspecified atom stereocenters. The van der Waals surface area contributed by atoms with Gasteiger partial charge < -0.3 is 10.2 Å². The van der Waals surface area contributed by atoms with Gasteiger partial charge in [-0.25, -0.2) is 0 Å². The number of hydrogen-bond acceptors (Lipinski definition) is 3. The first-order chi connectivity index (χ1) is 8.72. The molecular weight excluding hydrogens is 222 g/mol. The molecule has 0 aromatic carbocycles. The molecule has 0 aliphatic heterocycles. The first-order valence-electron chi connectivity index (χ1n) is 7.02. The molecule has 0 radical (unpaired) electrons. The van der Waals surface area contributed by atoms with Crippen LogP contribution in [0.1, 0.15) is 38.2 Å². The molecule has 0 spiro atoms. The average molecular weight is 247 g/mol. The van der Waals surface area contributed by atoms with E-state index in [1.165, 1.54) is 36.9 Å². The van der Waals surface area contributed by atoms with Gasteiger partial charge in [0.25, 0.3) is 0 Å². The first kappa shape index (κ1) is 13.3. The molecule has 0 saturated heterocycles. The first-order valence-corrected chi connectivity index (χ1v) is 7.02. The van der Waals surface area contributed by atoms with Gasteiger partial charge in [0.2, 0.25) is 0 Å². The highest BCUT2D eigenvalue weighted by molar-refractivity contribution is 5.52. The second-order valence-corrected chi connectivity index (χ2v) is 5.57. The molecule has 2 atom stereocenters. The molecule has 1 aliphatic carbocycles. The number of nitrogens with one attached hydrogen (secondary N) is 1. The Morgan fingerprint density at radius 1 is 1.44 bits per heavy atom. The Morgan fingerprint density at radius 3 is 3.00 bits per heavy atom. The molecule has 1 saturated carbocycles. The number of aromatic nitrogens is 1. The lowest BCUT2D eigenvalue weighted by atomic mass is 9.86. The third-order valence-corrected chi connectivity index (χ3v) is 4.08. The smallest absolute Gasteiger partial charge is 0.0442 e. The van der Waals surface area contributed by atoms with E-state index in [1.54, 1.807) is 0 Å². The van der Waals surface area contributed by atoms with E-state index in [0.29, 0.717) is 6.04 Å². The summed E-state index contributed by atoms with van der Waals surface area (Å²) in [6.07, 6.45) is 9.28. The summed E-state index contributed by atoms with van der Waals surface area (Å²) in [7, 11) is 4.22. The van der Waals surface area contributed by atoms with Gasteiger partial charge in [-0.2, -0.15) is 0 Å². The summed E-state index contributed by atoms with van der Waals surface area (Å²) in [5.41, 5.74) is 2.62. The van der Waals surface area contributed by atoms with Gasteiger partial charge in [0.1, 0.15) is 0 Å². The minimum absolute atomic E-state index is 0.687. The zero-order valence-electron chi connectivity index (χ0n) is 11.8. The fourth-order valence-electron chi connectivity index (χ4n) is 3.04. The summed E-state index contributed by atoms with van der Waals surface area (Å²) in [5.74, 6) is 0.862. The van der Waals surface area contributed by atoms with E-state index in [4.69, 9.17) is 0 Å². The lowest BCUT2D eigenvalue weighted by molar-refractivity contribution is 0.336. The SMILES string of the molecule is CNCc1cnccc1N(C)C1CCCC(C)C1. The Balaban J connectivity index is 2.14. The number of anilines is 1. The lowest BCUT2D eigenvalue weighted by Gasteiger charge is -2.36. The van der Waals surface area contributed by atoms with Crippen LogP contribution in [0, 0.1) is 5.92 Å². The molecule has 1 fully saturated rings. The van der Waals surface area contributed by atoms with Crippen LogP contribution in [-0.4, -0.2) is 25.1 Å². The van der Waals surface area contributed by atoms with Crippen molar-refractivity contribution in [3.63, 3.8) is 0 Å². The molecular formula is C15H25N3. The van der Waals surface area contributed by atoms with Crippen molar-refractivity contribution in [2.45, 2.75) is 45.2 Å². The Hall–Kier alpha value is -1.09. The molecule has 3 nitrogen and oxygen atoms in total. The molecule has 0 bridgehead atoms. The second kappa shape index (κ2) is 6.19. The van der Waals surface area contributed by atoms with Crippen LogP contribution in [0.5, 0.6) is 0 Å². The van der Waals surface area contributed by atoms with Crippen LogP contribution in [0.25, 0.3) is 0 Å². The van der Waals surface area contributed by atoms with Crippen LogP contribution in [0.2, 0.25) is 0 Å². The number of pyridine rings is 1. The molecule has 100 valence electrons. The van der Waals surface area contributed by atoms with Gasteiger partial charge in [0.05, 0.1) is 0 Å². The number of hydrogen-bond donors (Lipinski definition) is 1. The monoisotopic (exact) mass is 247 g/mol. The van der Waals surface area contributed by atoms with Gasteiger partial charge in [-0.05, 0) is 31.9 Å². The maximum Gasteiger partial charge on any atom is 0.0442 e. The fourth-order valence-corrected chi connectivity index (χ4v) is 3.04. The molecule has 1 N–H and O–H groups in total. The van der Waals surface area contributed by atoms with E-state index < -0.39 is 0 Å². The lowest BCUT2D eigenvalue weighted by Crippen LogP contribution is -2.36. The molecule has 1 aromatic heterocycles. The van der Waals surface area contributed by atoms with E-state index in [1.807, 2.05) is 19.4 Å². The van der Waals surface area contributed by atoms with Crippen LogP contribution in [0.3, 0.4) is 0 Å². The highest BCUT2D eigenvalue weighted by atomic mass is 15.1. The Labute approximate surface area is 111 Å². The van der Waals surface area contributed by atoms with Crippen LogP contribution in [0.15, 0.2) is 18.5 Å². The minimum Gasteiger partial charge on any atom is -0.371 e. The standard InChI is InChI=1S/C15H25N3/c1-12-5-4-6-14(9-12)18(3)15-7-8-17-11-13(15)10-16-2/h7-8,11-12,14,16H,4-6,9-10H2,1-3H3. The van der Waals surface area contributed by atoms with Crippen molar-refractivity contribution in [1.29, 1.82) is 0 Å². The van der Waals surface area contributed by atoms with Gasteiger partial charge in [-0.3, -0.25) is 4.98 Å². The number of rotatable bonds is 4. The van der Waals surface area contributed by atoms with Crippen molar-refractivity contribution >= 4 is 5.69 Å². The molecule has 1 aromatic rings. The molecule has 1 heterocycles. The quantitative estimate of drug-likeness (QED) is 0.887. The van der Waals surface area contributed by atoms with Crippen molar-refractivity contribution in [1.82, 2.24) is 10.3 Å². The topological polar surface area (TPSA) is 28.2 Å². The van der Waals surface area contributed by atoms with Crippen molar-refractivity contribution in [2.75, 3.05) is 19.0 Å². The summed E-state index contributed by atoms with van der Waals surface area (Å²) in [6.45, 7) is 3.26. The maximum absolute atomic E-state index is 4.24. The molecule has 18 heavy (non-hydrogen) atoms. The highest BCUT2D eigenvalue weighted by Crippen LogP contribution is 2.30. The predicted molar refractivity (Wildman–Crippen MR) is 76.8 cm³/mol. The average Bonchev–Trinajstić information content (AvgIpc) is 2.39. The fraction of sp³-hybridized carbons (Fsp3) is 0.667. The van der Waals surface area contributed by atoms with E-state index in [2.05, 4.69) is 35.2 Å². The summed E-state index contributed by atoms with van der Waals surface area (Å²) >= 11 is 0. The summed E-state index contributed by atoms with van der Waals surface area (Å²) in [5, 5.41) is 3.22. The van der Waals surface area contributed by atoms with Crippen LogP contribution in [0.4, 0.5) is 5.69 Å². The van der Waals surface area contributed by atoms with E-state index >= 15 is 0 Å². The highest BCUT2D eigenvalue weighted by Gasteiger charge is 2.23. The van der Waals surface area contributed by atoms with Crippen LogP contribution >= 0.6 is 0 Å². The zero-order chi connectivity index (χ0) is 13.0. The van der Waals surface area contributed by atoms with Crippen molar-refractivity contribution < 1.29 is 0 Å². The molecule has 3 heteroatoms. The van der Waals surface area contributed by atoms with Crippen molar-refractivity contribution in [3.05, 3.63) is 24.0 Å². The maximum atomic E-state index is 4.24. The largest absolute Gasteiger partial charge is 0.371 e. The van der Waals surface area contributed by atoms with Gasteiger partial charge in [0, 0.05) is 43.3 Å². The molecule has 0 amide bonds. The van der Waals surface area contributed by atoms with Gasteiger partial charge in [-0.1, -0.05) is 19.8 Å². The van der Waals surface area contributed by atoms with Crippen LogP contribution in [-0.2, 0) is 6.54 Å². The molecule has 2 rings (SSSR count). The van der Waals surface area contributed by atoms with Gasteiger partial charge >= 0.3 is 0 Å². The van der Waals surface area contributed by atoms with Gasteiger partial charge in [-0.15, -0.1) is 0 Å². The Kier molecular flexibility index (Phi) is 4.59. The third-order valence-electron chi connectivity index (χ3n) is 4.08. The summed E-state index contributed by atoms with van der Waals surface area (Å²) < 4.78 is 0. The van der Waals surface area contributed by atoms with E-state index in [0.717, 1.165) is 12.5 Å². The Morgan fingerprint density at radius 2 is 2.28 bits per heavy atom. The molecule has 1 aliphatic rings. The zero-order valence-corrected chi connectivity index (χ0v) is 11.8. The van der Waals surface area contributed by atoms with Crippen molar-refractivity contribution in [3.8, 4) is 0 Å². The third kappa shape index (κ3) is 3.02. The summed E-state index contributed by atoms with van der Waals surface area (Å²) in [4.78, 5) is 6.70. The van der Waals surface area contributed by atoms with Crippen molar-refractivity contribution in [2.24, 2.45) is 5.92 Å². The normalized spacial score (nSPS) is 23.9. The van der Waals surface area contributed by atoms with Crippen LogP contribution < -0.4 is 10.2 Å². The summed E-state index contributed by atoms with van der Waals surface area (Å²) in [6, 6.07) is 2.83. The van der Waals surface area contributed by atoms with E-state index in [9.17, 15) is 0 Å². The Bertz CT molecular complexity index is 378. The number of nitrogens with zero attached hydrogens (tertiary/aromatic N) is 2. The minimum atomic E-state index is 0.687. The second-order valence-electron chi connectivity index (χ2n) is 5.57. The predicted octanol–water partition coefficient (Wildman–Crippen LogP) is 2.82. The van der Waals surface area contributed by atoms with E-state index in [-0.39, 0.29) is 0 Å². The van der Waals surface area contributed by atoms with Gasteiger partial charge in [0.15, 0.2) is 0 Å².